The van der Waals surface area contributed by atoms with Gasteiger partial charge in [0.25, 0.3) is 10.2 Å². The molecule has 2 heterocycles. The molecule has 130 valence electrons. The second-order valence-electron chi connectivity index (χ2n) is 6.56. The van der Waals surface area contributed by atoms with E-state index in [4.69, 9.17) is 0 Å². The lowest BCUT2D eigenvalue weighted by molar-refractivity contribution is 0.152. The zero-order chi connectivity index (χ0) is 16.4. The smallest absolute Gasteiger partial charge is 0.279 e. The van der Waals surface area contributed by atoms with E-state index in [-0.39, 0.29) is 5.92 Å². The molecule has 0 bridgehead atoms. The predicted octanol–water partition coefficient (Wildman–Crippen LogP) is -0.896. The fraction of sp³-hybridized carbons (Fsp3) is 0.786. The lowest BCUT2D eigenvalue weighted by Gasteiger charge is -2.32. The second-order valence-corrected chi connectivity index (χ2v) is 8.27. The molecule has 9 heteroatoms. The minimum atomic E-state index is -3.53. The number of likely N-dealkylation sites (N-methyl/N-ethyl adjacent to an activating group) is 1. The molecule has 1 aromatic heterocycles. The Morgan fingerprint density at radius 3 is 2.65 bits per heavy atom. The van der Waals surface area contributed by atoms with Gasteiger partial charge in [0.15, 0.2) is 0 Å². The van der Waals surface area contributed by atoms with Crippen molar-refractivity contribution >= 4 is 10.2 Å². The molecule has 1 saturated heterocycles. The molecule has 1 aliphatic heterocycles. The molecule has 3 atom stereocenters. The van der Waals surface area contributed by atoms with Crippen LogP contribution in [0.15, 0.2) is 18.5 Å². The van der Waals surface area contributed by atoms with Crippen molar-refractivity contribution in [3.63, 3.8) is 0 Å². The molecule has 2 aliphatic rings. The van der Waals surface area contributed by atoms with Crippen molar-refractivity contribution in [2.24, 2.45) is 5.92 Å². The van der Waals surface area contributed by atoms with E-state index in [0.29, 0.717) is 32.5 Å². The van der Waals surface area contributed by atoms with Crippen molar-refractivity contribution in [2.75, 3.05) is 33.2 Å². The highest BCUT2D eigenvalue weighted by Gasteiger charge is 2.37. The van der Waals surface area contributed by atoms with Crippen LogP contribution in [0.4, 0.5) is 0 Å². The Hall–Kier alpha value is -1.00. The van der Waals surface area contributed by atoms with E-state index in [1.807, 2.05) is 24.0 Å². The van der Waals surface area contributed by atoms with Crippen LogP contribution < -0.4 is 4.72 Å². The van der Waals surface area contributed by atoms with Crippen LogP contribution in [-0.2, 0) is 16.8 Å². The minimum Gasteiger partial charge on any atom is -0.391 e. The molecule has 2 fully saturated rings. The Labute approximate surface area is 137 Å². The van der Waals surface area contributed by atoms with Crippen molar-refractivity contribution < 1.29 is 13.5 Å². The van der Waals surface area contributed by atoms with E-state index in [2.05, 4.69) is 14.7 Å². The van der Waals surface area contributed by atoms with Crippen LogP contribution in [0.5, 0.6) is 0 Å². The van der Waals surface area contributed by atoms with E-state index >= 15 is 0 Å². The normalized spacial score (nSPS) is 30.8. The van der Waals surface area contributed by atoms with Gasteiger partial charge in [0.1, 0.15) is 0 Å². The first-order chi connectivity index (χ1) is 10.9. The summed E-state index contributed by atoms with van der Waals surface area (Å²) in [4.78, 5) is 2.11. The molecule has 0 amide bonds. The number of aromatic nitrogens is 2. The summed E-state index contributed by atoms with van der Waals surface area (Å²) in [6.45, 7) is 3.15. The van der Waals surface area contributed by atoms with E-state index in [0.717, 1.165) is 13.1 Å². The standard InChI is InChI=1S/C14H25N5O3S/c1-17-5-7-19(8-6-17)23(21,22)16-13-9-12(10-14(13)20)11-18-4-2-3-15-18/h2-4,12-14,16,20H,5-11H2,1H3/t12?,13-,14-/m1/s1. The van der Waals surface area contributed by atoms with Crippen LogP contribution in [0.25, 0.3) is 0 Å². The maximum absolute atomic E-state index is 12.5. The molecule has 1 saturated carbocycles. The molecule has 1 unspecified atom stereocenters. The zero-order valence-corrected chi connectivity index (χ0v) is 14.2. The number of piperazine rings is 1. The molecule has 23 heavy (non-hydrogen) atoms. The maximum Gasteiger partial charge on any atom is 0.279 e. The van der Waals surface area contributed by atoms with Gasteiger partial charge >= 0.3 is 0 Å². The van der Waals surface area contributed by atoms with Crippen LogP contribution in [-0.4, -0.2) is 77.9 Å². The fourth-order valence-electron chi connectivity index (χ4n) is 3.36. The highest BCUT2D eigenvalue weighted by Crippen LogP contribution is 2.28. The number of aliphatic hydroxyl groups excluding tert-OH is 1. The molecule has 0 spiro atoms. The first kappa shape index (κ1) is 16.8. The number of hydrogen-bond donors (Lipinski definition) is 2. The summed E-state index contributed by atoms with van der Waals surface area (Å²) in [5.41, 5.74) is 0. The number of rotatable bonds is 5. The number of nitrogens with zero attached hydrogens (tertiary/aromatic N) is 4. The summed E-state index contributed by atoms with van der Waals surface area (Å²) in [7, 11) is -1.55. The Morgan fingerprint density at radius 1 is 1.26 bits per heavy atom. The van der Waals surface area contributed by atoms with E-state index in [1.165, 1.54) is 4.31 Å². The largest absolute Gasteiger partial charge is 0.391 e. The van der Waals surface area contributed by atoms with E-state index in [1.54, 1.807) is 6.20 Å². The number of nitrogens with one attached hydrogen (secondary N) is 1. The average molecular weight is 343 g/mol. The molecule has 2 N–H and O–H groups in total. The monoisotopic (exact) mass is 343 g/mol. The lowest BCUT2D eigenvalue weighted by Crippen LogP contribution is -2.53. The Balaban J connectivity index is 1.56. The summed E-state index contributed by atoms with van der Waals surface area (Å²) in [5.74, 6) is 0.227. The predicted molar refractivity (Wildman–Crippen MR) is 85.9 cm³/mol. The Bertz CT molecular complexity index is 598. The van der Waals surface area contributed by atoms with Gasteiger partial charge in [0, 0.05) is 51.2 Å². The van der Waals surface area contributed by atoms with Gasteiger partial charge in [-0.1, -0.05) is 0 Å². The molecular formula is C14H25N5O3S. The van der Waals surface area contributed by atoms with Gasteiger partial charge in [-0.2, -0.15) is 22.5 Å². The van der Waals surface area contributed by atoms with Gasteiger partial charge in [-0.3, -0.25) is 4.68 Å². The van der Waals surface area contributed by atoms with Gasteiger partial charge in [-0.15, -0.1) is 0 Å². The van der Waals surface area contributed by atoms with E-state index < -0.39 is 22.4 Å². The fourth-order valence-corrected chi connectivity index (χ4v) is 4.79. The van der Waals surface area contributed by atoms with Gasteiger partial charge in [-0.05, 0) is 31.9 Å². The molecule has 0 radical (unpaired) electrons. The SMILES string of the molecule is CN1CCN(S(=O)(=O)N[C@@H]2CC(Cn3cccn3)C[C@H]2O)CC1. The second kappa shape index (κ2) is 6.86. The van der Waals surface area contributed by atoms with Crippen LogP contribution in [0.2, 0.25) is 0 Å². The van der Waals surface area contributed by atoms with Crippen LogP contribution in [0, 0.1) is 5.92 Å². The Morgan fingerprint density at radius 2 is 2.00 bits per heavy atom. The van der Waals surface area contributed by atoms with Crippen molar-refractivity contribution in [3.05, 3.63) is 18.5 Å². The third kappa shape index (κ3) is 4.10. The molecule has 0 aromatic carbocycles. The van der Waals surface area contributed by atoms with Crippen LogP contribution in [0.1, 0.15) is 12.8 Å². The summed E-state index contributed by atoms with van der Waals surface area (Å²) < 4.78 is 31.0. The lowest BCUT2D eigenvalue weighted by atomic mass is 10.1. The minimum absolute atomic E-state index is 0.227. The molecule has 1 aliphatic carbocycles. The summed E-state index contributed by atoms with van der Waals surface area (Å²) in [5, 5.41) is 14.4. The zero-order valence-electron chi connectivity index (χ0n) is 13.4. The Kier molecular flexibility index (Phi) is 5.02. The van der Waals surface area contributed by atoms with E-state index in [9.17, 15) is 13.5 Å². The highest BCUT2D eigenvalue weighted by atomic mass is 32.2. The summed E-state index contributed by atoms with van der Waals surface area (Å²) in [6.07, 6.45) is 4.19. The highest BCUT2D eigenvalue weighted by molar-refractivity contribution is 7.87. The van der Waals surface area contributed by atoms with Gasteiger partial charge in [0.05, 0.1) is 6.10 Å². The molecule has 1 aromatic rings. The van der Waals surface area contributed by atoms with Gasteiger partial charge in [-0.25, -0.2) is 0 Å². The van der Waals surface area contributed by atoms with Crippen LogP contribution in [0.3, 0.4) is 0 Å². The van der Waals surface area contributed by atoms with Gasteiger partial charge < -0.3 is 10.0 Å². The van der Waals surface area contributed by atoms with Gasteiger partial charge in [0.2, 0.25) is 0 Å². The molecular weight excluding hydrogens is 318 g/mol. The van der Waals surface area contributed by atoms with Crippen molar-refractivity contribution in [3.8, 4) is 0 Å². The molecule has 8 nitrogen and oxygen atoms in total. The van der Waals surface area contributed by atoms with Crippen molar-refractivity contribution in [1.29, 1.82) is 0 Å². The summed E-state index contributed by atoms with van der Waals surface area (Å²) in [6, 6.07) is 1.44. The number of hydrogen-bond acceptors (Lipinski definition) is 5. The van der Waals surface area contributed by atoms with Crippen LogP contribution >= 0.6 is 0 Å². The first-order valence-corrected chi connectivity index (χ1v) is 9.49. The third-order valence-corrected chi connectivity index (χ3v) is 6.38. The van der Waals surface area contributed by atoms with Crippen molar-refractivity contribution in [2.45, 2.75) is 31.5 Å². The quantitative estimate of drug-likeness (QED) is 0.723. The van der Waals surface area contributed by atoms with Crippen molar-refractivity contribution in [1.82, 2.24) is 23.7 Å². The number of aliphatic hydroxyl groups is 1. The third-order valence-electron chi connectivity index (χ3n) is 4.73. The summed E-state index contributed by atoms with van der Waals surface area (Å²) >= 11 is 0. The maximum atomic E-state index is 12.5. The average Bonchev–Trinajstić information content (AvgIpc) is 3.10. The molecule has 3 rings (SSSR count). The first-order valence-electron chi connectivity index (χ1n) is 8.05. The topological polar surface area (TPSA) is 90.7 Å².